The average Bonchev–Trinajstić information content (AvgIpc) is 2.68. The number of benzene rings is 2. The van der Waals surface area contributed by atoms with Crippen LogP contribution < -0.4 is 4.74 Å². The predicted octanol–water partition coefficient (Wildman–Crippen LogP) is 4.46. The minimum Gasteiger partial charge on any atom is -0.489 e. The summed E-state index contributed by atoms with van der Waals surface area (Å²) in [5, 5.41) is 9.33. The molecule has 1 saturated heterocycles. The van der Waals surface area contributed by atoms with Crippen LogP contribution in [0.2, 0.25) is 5.02 Å². The molecule has 1 atom stereocenters. The van der Waals surface area contributed by atoms with E-state index >= 15 is 0 Å². The number of hydrogen-bond acceptors (Lipinski definition) is 3. The van der Waals surface area contributed by atoms with Crippen molar-refractivity contribution in [3.63, 3.8) is 0 Å². The van der Waals surface area contributed by atoms with Gasteiger partial charge >= 0.3 is 0 Å². The van der Waals surface area contributed by atoms with Crippen molar-refractivity contribution in [1.29, 1.82) is 5.26 Å². The highest BCUT2D eigenvalue weighted by molar-refractivity contribution is 6.31. The van der Waals surface area contributed by atoms with Gasteiger partial charge in [0.2, 0.25) is 0 Å². The second-order valence-corrected chi connectivity index (χ2v) is 6.84. The highest BCUT2D eigenvalue weighted by Crippen LogP contribution is 2.25. The number of piperidine rings is 1. The molecule has 0 N–H and O–H groups in total. The lowest BCUT2D eigenvalue weighted by atomic mass is 10.0. The summed E-state index contributed by atoms with van der Waals surface area (Å²) in [6.45, 7) is 3.38. The van der Waals surface area contributed by atoms with Gasteiger partial charge in [0.15, 0.2) is 0 Å². The topological polar surface area (TPSA) is 53.3 Å². The molecule has 2 aromatic rings. The molecule has 0 radical (unpaired) electrons. The van der Waals surface area contributed by atoms with Crippen molar-refractivity contribution in [3.8, 4) is 11.8 Å². The summed E-state index contributed by atoms with van der Waals surface area (Å²) >= 11 is 6.06. The van der Waals surface area contributed by atoms with E-state index in [1.807, 2.05) is 35.2 Å². The number of rotatable bonds is 4. The number of carbonyl (C=O) groups excluding carboxylic acids is 1. The first-order valence-electron chi connectivity index (χ1n) is 8.85. The molecular weight excluding hydrogens is 348 g/mol. The molecule has 26 heavy (non-hydrogen) atoms. The summed E-state index contributed by atoms with van der Waals surface area (Å²) in [4.78, 5) is 14.6. The summed E-state index contributed by atoms with van der Waals surface area (Å²) in [5.41, 5.74) is 2.36. The van der Waals surface area contributed by atoms with Crippen molar-refractivity contribution in [2.24, 2.45) is 0 Å². The number of ether oxygens (including phenoxy) is 1. The normalized spacial score (nSPS) is 16.8. The van der Waals surface area contributed by atoms with Crippen LogP contribution in [0.3, 0.4) is 0 Å². The zero-order chi connectivity index (χ0) is 18.5. The van der Waals surface area contributed by atoms with Gasteiger partial charge in [-0.15, -0.1) is 0 Å². The van der Waals surface area contributed by atoms with Crippen molar-refractivity contribution >= 4 is 17.5 Å². The Morgan fingerprint density at radius 2 is 2.08 bits per heavy atom. The maximum Gasteiger partial charge on any atom is 0.253 e. The van der Waals surface area contributed by atoms with Crippen molar-refractivity contribution in [1.82, 2.24) is 4.90 Å². The Labute approximate surface area is 158 Å². The fourth-order valence-electron chi connectivity index (χ4n) is 3.14. The van der Waals surface area contributed by atoms with E-state index < -0.39 is 0 Å². The Bertz CT molecular complexity index is 827. The smallest absolute Gasteiger partial charge is 0.253 e. The zero-order valence-corrected chi connectivity index (χ0v) is 15.5. The minimum atomic E-state index is -0.0772. The van der Waals surface area contributed by atoms with Crippen LogP contribution in [0.4, 0.5) is 0 Å². The summed E-state index contributed by atoms with van der Waals surface area (Å²) in [6.07, 6.45) is 2.66. The molecule has 3 rings (SSSR count). The number of likely N-dealkylation sites (tertiary alicyclic amines) is 1. The molecule has 0 saturated carbocycles. The quantitative estimate of drug-likeness (QED) is 0.800. The number of amides is 1. The van der Waals surface area contributed by atoms with Crippen molar-refractivity contribution < 1.29 is 9.53 Å². The zero-order valence-electron chi connectivity index (χ0n) is 14.7. The standard InChI is InChI=1S/C21H21ClN2O2/c1-2-15-5-7-16(8-6-15)21(25)24-11-3-4-19(14-24)26-18-10-9-17(13-23)20(22)12-18/h5-10,12,19H,2-4,11,14H2,1H3. The van der Waals surface area contributed by atoms with Gasteiger partial charge in [-0.3, -0.25) is 4.79 Å². The third kappa shape index (κ3) is 4.17. The Morgan fingerprint density at radius 1 is 1.31 bits per heavy atom. The molecule has 0 spiro atoms. The molecule has 1 aliphatic heterocycles. The maximum absolute atomic E-state index is 12.7. The molecule has 134 valence electrons. The monoisotopic (exact) mass is 368 g/mol. The van der Waals surface area contributed by atoms with Gasteiger partial charge in [0, 0.05) is 18.2 Å². The van der Waals surface area contributed by atoms with Gasteiger partial charge in [0.25, 0.3) is 5.91 Å². The van der Waals surface area contributed by atoms with E-state index in [-0.39, 0.29) is 12.0 Å². The van der Waals surface area contributed by atoms with Gasteiger partial charge in [0.05, 0.1) is 17.1 Å². The highest BCUT2D eigenvalue weighted by Gasteiger charge is 2.25. The fraction of sp³-hybridized carbons (Fsp3) is 0.333. The van der Waals surface area contributed by atoms with Crippen molar-refractivity contribution in [2.75, 3.05) is 13.1 Å². The third-order valence-electron chi connectivity index (χ3n) is 4.64. The first-order valence-corrected chi connectivity index (χ1v) is 9.23. The average molecular weight is 369 g/mol. The minimum absolute atomic E-state index is 0.0406. The lowest BCUT2D eigenvalue weighted by Crippen LogP contribution is -2.44. The molecule has 1 fully saturated rings. The number of hydrogen-bond donors (Lipinski definition) is 0. The molecule has 2 aromatic carbocycles. The van der Waals surface area contributed by atoms with Gasteiger partial charge in [0.1, 0.15) is 17.9 Å². The molecule has 1 heterocycles. The first-order chi connectivity index (χ1) is 12.6. The Hall–Kier alpha value is -2.51. The highest BCUT2D eigenvalue weighted by atomic mass is 35.5. The predicted molar refractivity (Wildman–Crippen MR) is 102 cm³/mol. The van der Waals surface area contributed by atoms with E-state index in [0.29, 0.717) is 28.4 Å². The SMILES string of the molecule is CCc1ccc(C(=O)N2CCCC(Oc3ccc(C#N)c(Cl)c3)C2)cc1. The number of aryl methyl sites for hydroxylation is 1. The van der Waals surface area contributed by atoms with Crippen LogP contribution in [-0.4, -0.2) is 30.0 Å². The van der Waals surface area contributed by atoms with Gasteiger partial charge in [-0.1, -0.05) is 30.7 Å². The number of carbonyl (C=O) groups is 1. The van der Waals surface area contributed by atoms with E-state index in [1.54, 1.807) is 18.2 Å². The summed E-state index contributed by atoms with van der Waals surface area (Å²) < 4.78 is 6.00. The number of nitrogens with zero attached hydrogens (tertiary/aromatic N) is 2. The second kappa shape index (κ2) is 8.25. The summed E-state index contributed by atoms with van der Waals surface area (Å²) in [5.74, 6) is 0.666. The van der Waals surface area contributed by atoms with Crippen LogP contribution in [0.5, 0.6) is 5.75 Å². The number of halogens is 1. The van der Waals surface area contributed by atoms with Crippen molar-refractivity contribution in [3.05, 3.63) is 64.2 Å². The molecular formula is C21H21ClN2O2. The van der Waals surface area contributed by atoms with Crippen molar-refractivity contribution in [2.45, 2.75) is 32.3 Å². The molecule has 0 bridgehead atoms. The lowest BCUT2D eigenvalue weighted by molar-refractivity contribution is 0.0538. The Kier molecular flexibility index (Phi) is 5.80. The molecule has 1 unspecified atom stereocenters. The van der Waals surface area contributed by atoms with Gasteiger partial charge < -0.3 is 9.64 Å². The summed E-state index contributed by atoms with van der Waals surface area (Å²) in [7, 11) is 0. The van der Waals surface area contributed by atoms with E-state index in [1.165, 1.54) is 5.56 Å². The maximum atomic E-state index is 12.7. The Balaban J connectivity index is 1.66. The number of nitriles is 1. The fourth-order valence-corrected chi connectivity index (χ4v) is 3.35. The lowest BCUT2D eigenvalue weighted by Gasteiger charge is -2.33. The molecule has 1 aliphatic rings. The van der Waals surface area contributed by atoms with Gasteiger partial charge in [-0.25, -0.2) is 0 Å². The largest absolute Gasteiger partial charge is 0.489 e. The van der Waals surface area contributed by atoms with E-state index in [0.717, 1.165) is 25.8 Å². The molecule has 0 aliphatic carbocycles. The van der Waals surface area contributed by atoms with Crippen LogP contribution in [0, 0.1) is 11.3 Å². The van der Waals surface area contributed by atoms with E-state index in [9.17, 15) is 4.79 Å². The van der Waals surface area contributed by atoms with Crippen LogP contribution >= 0.6 is 11.6 Å². The molecule has 1 amide bonds. The Morgan fingerprint density at radius 3 is 2.73 bits per heavy atom. The second-order valence-electron chi connectivity index (χ2n) is 6.44. The van der Waals surface area contributed by atoms with Crippen LogP contribution in [0.15, 0.2) is 42.5 Å². The molecule has 0 aromatic heterocycles. The molecule has 4 nitrogen and oxygen atoms in total. The third-order valence-corrected chi connectivity index (χ3v) is 4.95. The van der Waals surface area contributed by atoms with E-state index in [4.69, 9.17) is 21.6 Å². The van der Waals surface area contributed by atoms with Crippen LogP contribution in [0.25, 0.3) is 0 Å². The van der Waals surface area contributed by atoms with Gasteiger partial charge in [-0.05, 0) is 49.1 Å². The van der Waals surface area contributed by atoms with Crippen LogP contribution in [-0.2, 0) is 6.42 Å². The van der Waals surface area contributed by atoms with Gasteiger partial charge in [-0.2, -0.15) is 5.26 Å². The first kappa shape index (κ1) is 18.3. The summed E-state index contributed by atoms with van der Waals surface area (Å²) in [6, 6.07) is 14.9. The van der Waals surface area contributed by atoms with Crippen LogP contribution in [0.1, 0.15) is 41.3 Å². The van der Waals surface area contributed by atoms with E-state index in [2.05, 4.69) is 6.92 Å². The molecule has 5 heteroatoms.